The molecule has 1 saturated heterocycles. The van der Waals surface area contributed by atoms with Crippen molar-refractivity contribution in [2.24, 2.45) is 17.6 Å². The van der Waals surface area contributed by atoms with Gasteiger partial charge in [0.05, 0.1) is 6.20 Å². The Morgan fingerprint density at radius 1 is 1.71 bits per heavy atom. The van der Waals surface area contributed by atoms with Crippen molar-refractivity contribution in [3.05, 3.63) is 24.0 Å². The van der Waals surface area contributed by atoms with Crippen LogP contribution < -0.4 is 5.73 Å². The number of aromatic nitrogens is 2. The van der Waals surface area contributed by atoms with Gasteiger partial charge in [-0.15, -0.1) is 0 Å². The standard InChI is InChI=1S/C12H18N4O/c1-9-7-16(8-11(9)4-13)12(17)3-2-10-5-14-15-6-10/h2-3,5-6,9,11H,4,7-8,13H2,1H3,(H,14,15)/b3-2+. The normalized spacial score (nSPS) is 24.7. The van der Waals surface area contributed by atoms with Gasteiger partial charge in [0.1, 0.15) is 0 Å². The predicted octanol–water partition coefficient (Wildman–Crippen LogP) is 0.476. The van der Waals surface area contributed by atoms with Crippen LogP contribution in [0, 0.1) is 11.8 Å². The molecule has 2 atom stereocenters. The van der Waals surface area contributed by atoms with Crippen LogP contribution in [0.5, 0.6) is 0 Å². The Morgan fingerprint density at radius 2 is 2.53 bits per heavy atom. The van der Waals surface area contributed by atoms with Crippen LogP contribution in [0.15, 0.2) is 18.5 Å². The van der Waals surface area contributed by atoms with Crippen molar-refractivity contribution in [3.8, 4) is 0 Å². The maximum absolute atomic E-state index is 11.9. The zero-order chi connectivity index (χ0) is 12.3. The molecule has 3 N–H and O–H groups in total. The Labute approximate surface area is 101 Å². The van der Waals surface area contributed by atoms with E-state index in [1.165, 1.54) is 0 Å². The van der Waals surface area contributed by atoms with Gasteiger partial charge in [0.15, 0.2) is 0 Å². The second kappa shape index (κ2) is 5.14. The highest BCUT2D eigenvalue weighted by atomic mass is 16.2. The van der Waals surface area contributed by atoms with Gasteiger partial charge in [-0.25, -0.2) is 0 Å². The number of carbonyl (C=O) groups is 1. The number of nitrogens with one attached hydrogen (secondary N) is 1. The lowest BCUT2D eigenvalue weighted by molar-refractivity contribution is -0.125. The molecule has 0 saturated carbocycles. The van der Waals surface area contributed by atoms with Crippen molar-refractivity contribution in [2.75, 3.05) is 19.6 Å². The summed E-state index contributed by atoms with van der Waals surface area (Å²) in [6.07, 6.45) is 6.79. The Kier molecular flexibility index (Phi) is 3.58. The quantitative estimate of drug-likeness (QED) is 0.747. The molecule has 17 heavy (non-hydrogen) atoms. The molecular formula is C12H18N4O. The summed E-state index contributed by atoms with van der Waals surface area (Å²) < 4.78 is 0. The zero-order valence-electron chi connectivity index (χ0n) is 9.97. The van der Waals surface area contributed by atoms with Crippen molar-refractivity contribution >= 4 is 12.0 Å². The van der Waals surface area contributed by atoms with Gasteiger partial charge in [-0.05, 0) is 24.5 Å². The molecule has 0 aliphatic carbocycles. The first-order chi connectivity index (χ1) is 8.20. The van der Waals surface area contributed by atoms with E-state index in [4.69, 9.17) is 5.73 Å². The first kappa shape index (κ1) is 11.9. The number of likely N-dealkylation sites (tertiary alicyclic amines) is 1. The highest BCUT2D eigenvalue weighted by molar-refractivity contribution is 5.91. The zero-order valence-corrected chi connectivity index (χ0v) is 9.97. The average molecular weight is 234 g/mol. The van der Waals surface area contributed by atoms with Crippen LogP contribution in [-0.2, 0) is 4.79 Å². The van der Waals surface area contributed by atoms with Gasteiger partial charge < -0.3 is 10.6 Å². The van der Waals surface area contributed by atoms with Crippen molar-refractivity contribution in [1.82, 2.24) is 15.1 Å². The summed E-state index contributed by atoms with van der Waals surface area (Å²) in [7, 11) is 0. The van der Waals surface area contributed by atoms with E-state index >= 15 is 0 Å². The monoisotopic (exact) mass is 234 g/mol. The molecule has 2 rings (SSSR count). The number of amides is 1. The number of nitrogens with zero attached hydrogens (tertiary/aromatic N) is 2. The molecule has 0 bridgehead atoms. The molecule has 1 aliphatic heterocycles. The second-order valence-corrected chi connectivity index (χ2v) is 4.58. The molecule has 5 heteroatoms. The minimum absolute atomic E-state index is 0.0500. The third-order valence-corrected chi connectivity index (χ3v) is 3.32. The molecule has 92 valence electrons. The molecule has 2 unspecified atom stereocenters. The number of hydrogen-bond donors (Lipinski definition) is 2. The smallest absolute Gasteiger partial charge is 0.246 e. The van der Waals surface area contributed by atoms with Gasteiger partial charge in [-0.1, -0.05) is 6.92 Å². The summed E-state index contributed by atoms with van der Waals surface area (Å²) in [5.41, 5.74) is 6.57. The van der Waals surface area contributed by atoms with Gasteiger partial charge in [-0.3, -0.25) is 9.89 Å². The Balaban J connectivity index is 1.93. The van der Waals surface area contributed by atoms with Crippen molar-refractivity contribution < 1.29 is 4.79 Å². The Bertz CT molecular complexity index is 399. The molecule has 2 heterocycles. The summed E-state index contributed by atoms with van der Waals surface area (Å²) in [5, 5.41) is 6.52. The summed E-state index contributed by atoms with van der Waals surface area (Å²) in [6, 6.07) is 0. The van der Waals surface area contributed by atoms with E-state index in [-0.39, 0.29) is 5.91 Å². The van der Waals surface area contributed by atoms with Crippen LogP contribution in [0.3, 0.4) is 0 Å². The third kappa shape index (κ3) is 2.74. The molecule has 0 spiro atoms. The van der Waals surface area contributed by atoms with E-state index in [9.17, 15) is 4.79 Å². The largest absolute Gasteiger partial charge is 0.339 e. The van der Waals surface area contributed by atoms with E-state index in [0.29, 0.717) is 18.4 Å². The van der Waals surface area contributed by atoms with Crippen LogP contribution in [0.1, 0.15) is 12.5 Å². The van der Waals surface area contributed by atoms with Gasteiger partial charge in [0, 0.05) is 30.9 Å². The lowest BCUT2D eigenvalue weighted by Crippen LogP contribution is -2.28. The summed E-state index contributed by atoms with van der Waals surface area (Å²) in [6.45, 7) is 4.36. The molecule has 1 amide bonds. The maximum atomic E-state index is 11.9. The van der Waals surface area contributed by atoms with Gasteiger partial charge in [-0.2, -0.15) is 5.10 Å². The van der Waals surface area contributed by atoms with Crippen molar-refractivity contribution in [2.45, 2.75) is 6.92 Å². The second-order valence-electron chi connectivity index (χ2n) is 4.58. The van der Waals surface area contributed by atoms with Crippen molar-refractivity contribution in [3.63, 3.8) is 0 Å². The number of H-pyrrole nitrogens is 1. The van der Waals surface area contributed by atoms with Crippen LogP contribution in [0.4, 0.5) is 0 Å². The fourth-order valence-corrected chi connectivity index (χ4v) is 2.15. The molecule has 1 fully saturated rings. The SMILES string of the molecule is CC1CN(C(=O)/C=C/c2cn[nH]c2)CC1CN. The molecular weight excluding hydrogens is 216 g/mol. The molecule has 0 radical (unpaired) electrons. The Hall–Kier alpha value is -1.62. The van der Waals surface area contributed by atoms with Crippen LogP contribution in [0.25, 0.3) is 6.08 Å². The average Bonchev–Trinajstić information content (AvgIpc) is 2.94. The van der Waals surface area contributed by atoms with E-state index in [1.807, 2.05) is 4.90 Å². The fourth-order valence-electron chi connectivity index (χ4n) is 2.15. The summed E-state index contributed by atoms with van der Waals surface area (Å²) in [4.78, 5) is 13.8. The van der Waals surface area contributed by atoms with Crippen LogP contribution >= 0.6 is 0 Å². The number of rotatable bonds is 3. The minimum Gasteiger partial charge on any atom is -0.339 e. The Morgan fingerprint density at radius 3 is 3.12 bits per heavy atom. The van der Waals surface area contributed by atoms with E-state index < -0.39 is 0 Å². The maximum Gasteiger partial charge on any atom is 0.246 e. The van der Waals surface area contributed by atoms with Crippen molar-refractivity contribution in [1.29, 1.82) is 0 Å². The first-order valence-corrected chi connectivity index (χ1v) is 5.86. The number of aromatic amines is 1. The lowest BCUT2D eigenvalue weighted by atomic mass is 9.99. The number of carbonyl (C=O) groups excluding carboxylic acids is 1. The van der Waals surface area contributed by atoms with Gasteiger partial charge in [0.2, 0.25) is 5.91 Å². The van der Waals surface area contributed by atoms with Crippen LogP contribution in [-0.4, -0.2) is 40.6 Å². The number of nitrogens with two attached hydrogens (primary N) is 1. The predicted molar refractivity (Wildman–Crippen MR) is 65.9 cm³/mol. The third-order valence-electron chi connectivity index (χ3n) is 3.32. The molecule has 5 nitrogen and oxygen atoms in total. The van der Waals surface area contributed by atoms with Crippen LogP contribution in [0.2, 0.25) is 0 Å². The molecule has 1 aromatic heterocycles. The molecule has 1 aliphatic rings. The topological polar surface area (TPSA) is 75.0 Å². The first-order valence-electron chi connectivity index (χ1n) is 5.86. The highest BCUT2D eigenvalue weighted by Gasteiger charge is 2.30. The van der Waals surface area contributed by atoms with E-state index in [0.717, 1.165) is 18.7 Å². The lowest BCUT2D eigenvalue weighted by Gasteiger charge is -2.13. The van der Waals surface area contributed by atoms with E-state index in [2.05, 4.69) is 17.1 Å². The highest BCUT2D eigenvalue weighted by Crippen LogP contribution is 2.22. The van der Waals surface area contributed by atoms with Gasteiger partial charge >= 0.3 is 0 Å². The molecule has 1 aromatic rings. The molecule has 0 aromatic carbocycles. The summed E-state index contributed by atoms with van der Waals surface area (Å²) in [5.74, 6) is 0.974. The van der Waals surface area contributed by atoms with Gasteiger partial charge in [0.25, 0.3) is 0 Å². The summed E-state index contributed by atoms with van der Waals surface area (Å²) >= 11 is 0. The number of hydrogen-bond acceptors (Lipinski definition) is 3. The van der Waals surface area contributed by atoms with E-state index in [1.54, 1.807) is 24.5 Å². The fraction of sp³-hybridized carbons (Fsp3) is 0.500. The minimum atomic E-state index is 0.0500.